The third-order valence-electron chi connectivity index (χ3n) is 2.65. The van der Waals surface area contributed by atoms with E-state index in [0.29, 0.717) is 0 Å². The van der Waals surface area contributed by atoms with Crippen molar-refractivity contribution in [2.75, 3.05) is 7.05 Å². The first-order valence-corrected chi connectivity index (χ1v) is 7.45. The standard InChI is InChI=1S/C13H18N2S2/c1-13(2,3)10-8-17-12(15-10)11(14-4)9-6-5-7-16-9/h5-8,11,14H,1-4H3. The second-order valence-corrected chi connectivity index (χ2v) is 6.93. The van der Waals surface area contributed by atoms with Crippen molar-refractivity contribution >= 4 is 22.7 Å². The monoisotopic (exact) mass is 266 g/mol. The van der Waals surface area contributed by atoms with Crippen molar-refractivity contribution in [1.82, 2.24) is 10.3 Å². The van der Waals surface area contributed by atoms with Gasteiger partial charge in [-0.15, -0.1) is 22.7 Å². The molecule has 0 amide bonds. The largest absolute Gasteiger partial charge is 0.307 e. The second-order valence-electron chi connectivity index (χ2n) is 5.06. The predicted octanol–water partition coefficient (Wildman–Crippen LogP) is 3.81. The summed E-state index contributed by atoms with van der Waals surface area (Å²) >= 11 is 3.51. The second kappa shape index (κ2) is 4.88. The zero-order valence-corrected chi connectivity index (χ0v) is 12.3. The van der Waals surface area contributed by atoms with E-state index < -0.39 is 0 Å². The minimum absolute atomic E-state index is 0.127. The van der Waals surface area contributed by atoms with Gasteiger partial charge in [0.2, 0.25) is 0 Å². The van der Waals surface area contributed by atoms with Crippen molar-refractivity contribution in [3.05, 3.63) is 38.5 Å². The highest BCUT2D eigenvalue weighted by atomic mass is 32.1. The molecule has 0 radical (unpaired) electrons. The maximum Gasteiger partial charge on any atom is 0.115 e. The highest BCUT2D eigenvalue weighted by Crippen LogP contribution is 2.31. The molecule has 2 aromatic heterocycles. The van der Waals surface area contributed by atoms with E-state index >= 15 is 0 Å². The lowest BCUT2D eigenvalue weighted by molar-refractivity contribution is 0.566. The number of aromatic nitrogens is 1. The quantitative estimate of drug-likeness (QED) is 0.913. The van der Waals surface area contributed by atoms with Crippen LogP contribution in [0.1, 0.15) is 42.4 Å². The van der Waals surface area contributed by atoms with Crippen molar-refractivity contribution in [2.45, 2.75) is 32.2 Å². The number of nitrogens with zero attached hydrogens (tertiary/aromatic N) is 1. The normalized spacial score (nSPS) is 13.9. The molecule has 1 unspecified atom stereocenters. The molecule has 92 valence electrons. The maximum absolute atomic E-state index is 4.77. The summed E-state index contributed by atoms with van der Waals surface area (Å²) in [7, 11) is 1.99. The fourth-order valence-corrected chi connectivity index (χ4v) is 3.69. The van der Waals surface area contributed by atoms with Crippen LogP contribution in [0, 0.1) is 0 Å². The Labute approximate surface area is 111 Å². The van der Waals surface area contributed by atoms with Gasteiger partial charge in [-0.05, 0) is 18.5 Å². The van der Waals surface area contributed by atoms with E-state index in [9.17, 15) is 0 Å². The van der Waals surface area contributed by atoms with Crippen LogP contribution in [0.15, 0.2) is 22.9 Å². The van der Waals surface area contributed by atoms with Crippen molar-refractivity contribution in [3.8, 4) is 0 Å². The average molecular weight is 266 g/mol. The first kappa shape index (κ1) is 12.7. The third-order valence-corrected chi connectivity index (χ3v) is 4.50. The van der Waals surface area contributed by atoms with Gasteiger partial charge in [0.1, 0.15) is 5.01 Å². The zero-order chi connectivity index (χ0) is 12.5. The van der Waals surface area contributed by atoms with Gasteiger partial charge >= 0.3 is 0 Å². The number of nitrogens with one attached hydrogen (secondary N) is 1. The molecule has 2 rings (SSSR count). The molecule has 4 heteroatoms. The van der Waals surface area contributed by atoms with E-state index in [4.69, 9.17) is 4.98 Å². The van der Waals surface area contributed by atoms with Gasteiger partial charge in [-0.3, -0.25) is 0 Å². The van der Waals surface area contributed by atoms with E-state index in [0.717, 1.165) is 5.01 Å². The van der Waals surface area contributed by atoms with Crippen LogP contribution >= 0.6 is 22.7 Å². The first-order valence-electron chi connectivity index (χ1n) is 5.69. The van der Waals surface area contributed by atoms with Crippen LogP contribution in [0.3, 0.4) is 0 Å². The van der Waals surface area contributed by atoms with Gasteiger partial charge in [0, 0.05) is 15.7 Å². The topological polar surface area (TPSA) is 24.9 Å². The fraction of sp³-hybridized carbons (Fsp3) is 0.462. The van der Waals surface area contributed by atoms with Crippen LogP contribution < -0.4 is 5.32 Å². The van der Waals surface area contributed by atoms with Crippen LogP contribution in [0.4, 0.5) is 0 Å². The summed E-state index contributed by atoms with van der Waals surface area (Å²) in [6.07, 6.45) is 0. The Morgan fingerprint density at radius 1 is 1.29 bits per heavy atom. The van der Waals surface area contributed by atoms with Crippen LogP contribution in [0.2, 0.25) is 0 Å². The van der Waals surface area contributed by atoms with E-state index in [-0.39, 0.29) is 11.5 Å². The van der Waals surface area contributed by atoms with Crippen molar-refractivity contribution in [1.29, 1.82) is 0 Å². The number of hydrogen-bond donors (Lipinski definition) is 1. The van der Waals surface area contributed by atoms with Gasteiger partial charge in [0.15, 0.2) is 0 Å². The van der Waals surface area contributed by atoms with E-state index in [2.05, 4.69) is 49.0 Å². The molecular weight excluding hydrogens is 248 g/mol. The van der Waals surface area contributed by atoms with Gasteiger partial charge in [-0.25, -0.2) is 4.98 Å². The van der Waals surface area contributed by atoms with Crippen LogP contribution in [0.5, 0.6) is 0 Å². The van der Waals surface area contributed by atoms with Crippen LogP contribution in [-0.4, -0.2) is 12.0 Å². The Bertz CT molecular complexity index is 466. The molecule has 0 aromatic carbocycles. The molecule has 0 aliphatic rings. The predicted molar refractivity (Wildman–Crippen MR) is 76.0 cm³/mol. The molecule has 1 N–H and O–H groups in total. The Morgan fingerprint density at radius 3 is 2.53 bits per heavy atom. The smallest absolute Gasteiger partial charge is 0.115 e. The number of hydrogen-bond acceptors (Lipinski definition) is 4. The zero-order valence-electron chi connectivity index (χ0n) is 10.7. The third kappa shape index (κ3) is 2.76. The van der Waals surface area contributed by atoms with Gasteiger partial charge in [0.25, 0.3) is 0 Å². The summed E-state index contributed by atoms with van der Waals surface area (Å²) in [6.45, 7) is 6.60. The molecule has 0 aliphatic carbocycles. The molecule has 0 aliphatic heterocycles. The van der Waals surface area contributed by atoms with E-state index in [1.165, 1.54) is 10.6 Å². The fourth-order valence-electron chi connectivity index (χ4n) is 1.61. The minimum Gasteiger partial charge on any atom is -0.307 e. The molecule has 0 spiro atoms. The van der Waals surface area contributed by atoms with Gasteiger partial charge in [-0.2, -0.15) is 0 Å². The first-order chi connectivity index (χ1) is 8.02. The molecule has 2 aromatic rings. The number of thiazole rings is 1. The maximum atomic E-state index is 4.77. The number of thiophene rings is 1. The van der Waals surface area contributed by atoms with Gasteiger partial charge in [0.05, 0.1) is 11.7 Å². The van der Waals surface area contributed by atoms with Gasteiger partial charge < -0.3 is 5.32 Å². The summed E-state index contributed by atoms with van der Waals surface area (Å²) in [5.74, 6) is 0. The molecule has 2 heterocycles. The molecule has 0 fully saturated rings. The SMILES string of the molecule is CNC(c1cccs1)c1nc(C(C)(C)C)cs1. The molecule has 0 bridgehead atoms. The Morgan fingerprint density at radius 2 is 2.06 bits per heavy atom. The van der Waals surface area contributed by atoms with E-state index in [1.54, 1.807) is 22.7 Å². The lowest BCUT2D eigenvalue weighted by atomic mass is 9.93. The minimum atomic E-state index is 0.127. The van der Waals surface area contributed by atoms with Crippen molar-refractivity contribution in [3.63, 3.8) is 0 Å². The molecular formula is C13H18N2S2. The summed E-state index contributed by atoms with van der Waals surface area (Å²) in [5.41, 5.74) is 1.30. The summed E-state index contributed by atoms with van der Waals surface area (Å²) in [4.78, 5) is 6.09. The Balaban J connectivity index is 2.30. The highest BCUT2D eigenvalue weighted by Gasteiger charge is 2.21. The summed E-state index contributed by atoms with van der Waals surface area (Å²) in [5, 5.41) is 8.78. The van der Waals surface area contributed by atoms with Gasteiger partial charge in [-0.1, -0.05) is 26.8 Å². The lowest BCUT2D eigenvalue weighted by Crippen LogP contribution is -2.17. The molecule has 17 heavy (non-hydrogen) atoms. The number of rotatable bonds is 3. The summed E-state index contributed by atoms with van der Waals surface area (Å²) < 4.78 is 0. The van der Waals surface area contributed by atoms with Crippen molar-refractivity contribution < 1.29 is 0 Å². The summed E-state index contributed by atoms with van der Waals surface area (Å²) in [6, 6.07) is 4.48. The van der Waals surface area contributed by atoms with E-state index in [1.807, 2.05) is 7.05 Å². The highest BCUT2D eigenvalue weighted by molar-refractivity contribution is 7.11. The average Bonchev–Trinajstić information content (AvgIpc) is 2.87. The Kier molecular flexibility index (Phi) is 3.66. The Hall–Kier alpha value is -0.710. The molecule has 0 saturated heterocycles. The van der Waals surface area contributed by atoms with Crippen LogP contribution in [0.25, 0.3) is 0 Å². The molecule has 1 atom stereocenters. The van der Waals surface area contributed by atoms with Crippen molar-refractivity contribution in [2.24, 2.45) is 0 Å². The molecule has 2 nitrogen and oxygen atoms in total. The molecule has 0 saturated carbocycles. The van der Waals surface area contributed by atoms with Crippen LogP contribution in [-0.2, 0) is 5.41 Å². The lowest BCUT2D eigenvalue weighted by Gasteiger charge is -2.15.